The third-order valence-electron chi connectivity index (χ3n) is 4.18. The van der Waals surface area contributed by atoms with Crippen LogP contribution in [0.15, 0.2) is 11.1 Å². The summed E-state index contributed by atoms with van der Waals surface area (Å²) in [5, 5.41) is 6.22. The van der Waals surface area contributed by atoms with Crippen molar-refractivity contribution in [2.75, 3.05) is 26.2 Å². The minimum Gasteiger partial charge on any atom is -0.353 e. The van der Waals surface area contributed by atoms with E-state index < -0.39 is 0 Å². The van der Waals surface area contributed by atoms with Gasteiger partial charge < -0.3 is 15.5 Å². The van der Waals surface area contributed by atoms with Crippen LogP contribution in [0.1, 0.15) is 33.6 Å². The van der Waals surface area contributed by atoms with Crippen LogP contribution < -0.4 is 10.6 Å². The zero-order valence-corrected chi connectivity index (χ0v) is 12.7. The van der Waals surface area contributed by atoms with E-state index >= 15 is 0 Å². The van der Waals surface area contributed by atoms with Crippen LogP contribution >= 0.6 is 0 Å². The van der Waals surface area contributed by atoms with Gasteiger partial charge in [-0.1, -0.05) is 13.8 Å². The van der Waals surface area contributed by atoms with Crippen LogP contribution in [-0.2, 0) is 9.59 Å². The number of rotatable bonds is 3. The SMILES string of the molecule is CC(C(=O)N1CCC(NC(=O)C(C)C)CC1)=C1CNC1. The predicted molar refractivity (Wildman–Crippen MR) is 78.2 cm³/mol. The highest BCUT2D eigenvalue weighted by molar-refractivity contribution is 5.94. The van der Waals surface area contributed by atoms with E-state index in [1.165, 1.54) is 5.57 Å². The molecule has 2 heterocycles. The maximum Gasteiger partial charge on any atom is 0.249 e. The summed E-state index contributed by atoms with van der Waals surface area (Å²) in [5.74, 6) is 0.288. The van der Waals surface area contributed by atoms with E-state index in [9.17, 15) is 9.59 Å². The number of likely N-dealkylation sites (tertiary alicyclic amines) is 1. The monoisotopic (exact) mass is 279 g/mol. The van der Waals surface area contributed by atoms with E-state index in [1.54, 1.807) is 0 Å². The summed E-state index contributed by atoms with van der Waals surface area (Å²) < 4.78 is 0. The molecule has 2 aliphatic rings. The van der Waals surface area contributed by atoms with E-state index in [0.717, 1.165) is 44.6 Å². The van der Waals surface area contributed by atoms with E-state index in [0.29, 0.717) is 0 Å². The molecule has 0 aliphatic carbocycles. The first kappa shape index (κ1) is 15.0. The Morgan fingerprint density at radius 1 is 1.25 bits per heavy atom. The summed E-state index contributed by atoms with van der Waals surface area (Å²) in [6, 6.07) is 0.215. The third kappa shape index (κ3) is 3.39. The minimum absolute atomic E-state index is 0.0211. The molecule has 0 bridgehead atoms. The maximum absolute atomic E-state index is 12.3. The molecule has 2 fully saturated rings. The van der Waals surface area contributed by atoms with Crippen LogP contribution in [0.4, 0.5) is 0 Å². The molecular formula is C15H25N3O2. The van der Waals surface area contributed by atoms with Crippen molar-refractivity contribution in [3.8, 4) is 0 Å². The van der Waals surface area contributed by atoms with Crippen molar-refractivity contribution >= 4 is 11.8 Å². The smallest absolute Gasteiger partial charge is 0.249 e. The molecule has 5 nitrogen and oxygen atoms in total. The predicted octanol–water partition coefficient (Wildman–Crippen LogP) is 0.669. The first-order chi connectivity index (χ1) is 9.49. The third-order valence-corrected chi connectivity index (χ3v) is 4.18. The van der Waals surface area contributed by atoms with Gasteiger partial charge in [0.1, 0.15) is 0 Å². The number of carbonyl (C=O) groups excluding carboxylic acids is 2. The zero-order valence-electron chi connectivity index (χ0n) is 12.7. The lowest BCUT2D eigenvalue weighted by Gasteiger charge is -2.34. The van der Waals surface area contributed by atoms with Gasteiger partial charge in [-0.15, -0.1) is 0 Å². The summed E-state index contributed by atoms with van der Waals surface area (Å²) in [6.45, 7) is 8.88. The molecule has 2 rings (SSSR count). The lowest BCUT2D eigenvalue weighted by atomic mass is 10.00. The van der Waals surface area contributed by atoms with Crippen molar-refractivity contribution in [3.63, 3.8) is 0 Å². The molecule has 2 amide bonds. The Balaban J connectivity index is 1.82. The van der Waals surface area contributed by atoms with Crippen molar-refractivity contribution in [3.05, 3.63) is 11.1 Å². The van der Waals surface area contributed by atoms with Crippen molar-refractivity contribution in [2.24, 2.45) is 5.92 Å². The number of nitrogens with one attached hydrogen (secondary N) is 2. The molecule has 0 aromatic carbocycles. The first-order valence-electron chi connectivity index (χ1n) is 7.48. The van der Waals surface area contributed by atoms with Gasteiger partial charge in [-0.3, -0.25) is 9.59 Å². The molecule has 0 aromatic heterocycles. The average molecular weight is 279 g/mol. The molecule has 5 heteroatoms. The lowest BCUT2D eigenvalue weighted by molar-refractivity contribution is -0.128. The van der Waals surface area contributed by atoms with Gasteiger partial charge in [-0.25, -0.2) is 0 Å². The Morgan fingerprint density at radius 2 is 1.85 bits per heavy atom. The van der Waals surface area contributed by atoms with Crippen molar-refractivity contribution in [1.82, 2.24) is 15.5 Å². The highest BCUT2D eigenvalue weighted by Crippen LogP contribution is 2.17. The highest BCUT2D eigenvalue weighted by Gasteiger charge is 2.26. The molecule has 20 heavy (non-hydrogen) atoms. The number of amides is 2. The second kappa shape index (κ2) is 6.39. The minimum atomic E-state index is 0.0211. The molecule has 2 saturated heterocycles. The molecule has 0 saturated carbocycles. The molecule has 0 atom stereocenters. The second-order valence-electron chi connectivity index (χ2n) is 6.06. The van der Waals surface area contributed by atoms with Crippen molar-refractivity contribution < 1.29 is 9.59 Å². The van der Waals surface area contributed by atoms with E-state index in [1.807, 2.05) is 25.7 Å². The Labute approximate surface area is 120 Å². The molecule has 112 valence electrons. The fourth-order valence-corrected chi connectivity index (χ4v) is 2.50. The van der Waals surface area contributed by atoms with E-state index in [4.69, 9.17) is 0 Å². The van der Waals surface area contributed by atoms with Gasteiger partial charge in [0.15, 0.2) is 0 Å². The number of hydrogen-bond acceptors (Lipinski definition) is 3. The van der Waals surface area contributed by atoms with Gasteiger partial charge in [0.2, 0.25) is 11.8 Å². The standard InChI is InChI=1S/C15H25N3O2/c1-10(2)14(19)17-13-4-6-18(7-5-13)15(20)11(3)12-8-16-9-12/h10,13,16H,4-9H2,1-3H3,(H,17,19). The fourth-order valence-electron chi connectivity index (χ4n) is 2.50. The Bertz CT molecular complexity index is 415. The van der Waals surface area contributed by atoms with Crippen molar-refractivity contribution in [2.45, 2.75) is 39.7 Å². The van der Waals surface area contributed by atoms with Gasteiger partial charge in [0.25, 0.3) is 0 Å². The zero-order chi connectivity index (χ0) is 14.7. The topological polar surface area (TPSA) is 61.4 Å². The Morgan fingerprint density at radius 3 is 2.30 bits per heavy atom. The van der Waals surface area contributed by atoms with Crippen LogP contribution in [0.5, 0.6) is 0 Å². The molecule has 2 aliphatic heterocycles. The summed E-state index contributed by atoms with van der Waals surface area (Å²) in [5.41, 5.74) is 2.12. The quantitative estimate of drug-likeness (QED) is 0.747. The van der Waals surface area contributed by atoms with Crippen LogP contribution in [0.2, 0.25) is 0 Å². The summed E-state index contributed by atoms with van der Waals surface area (Å²) in [6.07, 6.45) is 1.70. The van der Waals surface area contributed by atoms with Gasteiger partial charge in [-0.05, 0) is 25.3 Å². The second-order valence-corrected chi connectivity index (χ2v) is 6.06. The number of nitrogens with zero attached hydrogens (tertiary/aromatic N) is 1. The van der Waals surface area contributed by atoms with E-state index in [-0.39, 0.29) is 23.8 Å². The Kier molecular flexibility index (Phi) is 4.81. The number of hydrogen-bond donors (Lipinski definition) is 2. The largest absolute Gasteiger partial charge is 0.353 e. The normalized spacial score (nSPS) is 19.8. The van der Waals surface area contributed by atoms with Crippen LogP contribution in [0.25, 0.3) is 0 Å². The number of piperidine rings is 1. The number of carbonyl (C=O) groups is 2. The van der Waals surface area contributed by atoms with Crippen LogP contribution in [0.3, 0.4) is 0 Å². The maximum atomic E-state index is 12.3. The van der Waals surface area contributed by atoms with Gasteiger partial charge in [0, 0.05) is 43.7 Å². The lowest BCUT2D eigenvalue weighted by Crippen LogP contribution is -2.48. The summed E-state index contributed by atoms with van der Waals surface area (Å²) in [7, 11) is 0. The summed E-state index contributed by atoms with van der Waals surface area (Å²) >= 11 is 0. The highest BCUT2D eigenvalue weighted by atomic mass is 16.2. The Hall–Kier alpha value is -1.36. The molecule has 0 radical (unpaired) electrons. The van der Waals surface area contributed by atoms with Gasteiger partial charge in [0.05, 0.1) is 0 Å². The molecule has 0 unspecified atom stereocenters. The molecule has 0 spiro atoms. The van der Waals surface area contributed by atoms with Crippen LogP contribution in [0, 0.1) is 5.92 Å². The van der Waals surface area contributed by atoms with Gasteiger partial charge >= 0.3 is 0 Å². The van der Waals surface area contributed by atoms with Gasteiger partial charge in [-0.2, -0.15) is 0 Å². The molecule has 2 N–H and O–H groups in total. The van der Waals surface area contributed by atoms with Crippen LogP contribution in [-0.4, -0.2) is 48.9 Å². The van der Waals surface area contributed by atoms with E-state index in [2.05, 4.69) is 10.6 Å². The summed E-state index contributed by atoms with van der Waals surface area (Å²) in [4.78, 5) is 25.9. The average Bonchev–Trinajstić information content (AvgIpc) is 2.36. The molecular weight excluding hydrogens is 254 g/mol. The van der Waals surface area contributed by atoms with Crippen molar-refractivity contribution in [1.29, 1.82) is 0 Å². The fraction of sp³-hybridized carbons (Fsp3) is 0.733. The molecule has 0 aromatic rings. The first-order valence-corrected chi connectivity index (χ1v) is 7.48.